The second-order valence-corrected chi connectivity index (χ2v) is 3.22. The molecule has 0 saturated carbocycles. The summed E-state index contributed by atoms with van der Waals surface area (Å²) in [5, 5.41) is 5.68. The molecule has 5 heteroatoms. The van der Waals surface area contributed by atoms with E-state index in [2.05, 4.69) is 10.4 Å². The molecule has 0 aliphatic rings. The number of hydrogen-bond acceptors (Lipinski definition) is 5. The highest BCUT2D eigenvalue weighted by Gasteiger charge is 2.08. The first-order valence-corrected chi connectivity index (χ1v) is 4.88. The number of benzene rings is 2. The predicted molar refractivity (Wildman–Crippen MR) is 63.9 cm³/mol. The molecule has 0 aliphatic heterocycles. The normalized spacial score (nSPS) is 9.65. The third kappa shape index (κ3) is 2.34. The quantitative estimate of drug-likeness (QED) is 0.733. The van der Waals surface area contributed by atoms with Crippen LogP contribution in [0.5, 0.6) is 11.5 Å². The lowest BCUT2D eigenvalue weighted by molar-refractivity contribution is 0.485. The van der Waals surface area contributed by atoms with Crippen LogP contribution in [-0.4, -0.2) is 0 Å². The fraction of sp³-hybridized carbons (Fsp3) is 0. The molecular weight excluding hydrogens is 220 g/mol. The van der Waals surface area contributed by atoms with E-state index in [-0.39, 0.29) is 11.4 Å². The first-order valence-electron chi connectivity index (χ1n) is 4.88. The SMILES string of the molecule is O=Nc1ccccc1Oc1ccccc1N=O. The summed E-state index contributed by atoms with van der Waals surface area (Å²) in [6.45, 7) is 0. The summed E-state index contributed by atoms with van der Waals surface area (Å²) in [4.78, 5) is 21.1. The Morgan fingerprint density at radius 1 is 0.706 bits per heavy atom. The largest absolute Gasteiger partial charge is 0.453 e. The van der Waals surface area contributed by atoms with Crippen LogP contribution in [0.2, 0.25) is 0 Å². The molecule has 0 amide bonds. The van der Waals surface area contributed by atoms with E-state index in [9.17, 15) is 9.81 Å². The van der Waals surface area contributed by atoms with E-state index >= 15 is 0 Å². The molecule has 17 heavy (non-hydrogen) atoms. The van der Waals surface area contributed by atoms with Gasteiger partial charge in [0.25, 0.3) is 0 Å². The molecule has 2 aromatic carbocycles. The molecule has 0 spiro atoms. The van der Waals surface area contributed by atoms with E-state index in [1.807, 2.05) is 0 Å². The molecule has 0 atom stereocenters. The Bertz CT molecular complexity index is 505. The van der Waals surface area contributed by atoms with Gasteiger partial charge in [-0.05, 0) is 34.6 Å². The monoisotopic (exact) mass is 228 g/mol. The summed E-state index contributed by atoms with van der Waals surface area (Å²) < 4.78 is 5.43. The van der Waals surface area contributed by atoms with Gasteiger partial charge < -0.3 is 4.74 Å². The van der Waals surface area contributed by atoms with E-state index in [0.29, 0.717) is 11.5 Å². The molecule has 5 nitrogen and oxygen atoms in total. The summed E-state index contributed by atoms with van der Waals surface area (Å²) in [5.41, 5.74) is 0.349. The van der Waals surface area contributed by atoms with Gasteiger partial charge in [-0.25, -0.2) is 0 Å². The van der Waals surface area contributed by atoms with Crippen molar-refractivity contribution in [3.63, 3.8) is 0 Å². The van der Waals surface area contributed by atoms with Gasteiger partial charge in [0.1, 0.15) is 0 Å². The maximum absolute atomic E-state index is 10.6. The standard InChI is InChI=1S/C12H8N2O3/c15-13-9-5-1-3-7-11(9)17-12-8-4-2-6-10(12)14-16/h1-8H. The number of rotatable bonds is 4. The van der Waals surface area contributed by atoms with E-state index in [1.165, 1.54) is 12.1 Å². The summed E-state index contributed by atoms with van der Waals surface area (Å²) >= 11 is 0. The van der Waals surface area contributed by atoms with Crippen LogP contribution in [0.25, 0.3) is 0 Å². The van der Waals surface area contributed by atoms with Gasteiger partial charge in [-0.2, -0.15) is 0 Å². The molecule has 0 N–H and O–H groups in total. The van der Waals surface area contributed by atoms with Crippen LogP contribution in [0.15, 0.2) is 58.9 Å². The molecular formula is C12H8N2O3. The predicted octanol–water partition coefficient (Wildman–Crippen LogP) is 4.27. The van der Waals surface area contributed by atoms with Gasteiger partial charge in [-0.1, -0.05) is 24.3 Å². The van der Waals surface area contributed by atoms with Gasteiger partial charge in [0.15, 0.2) is 22.9 Å². The zero-order chi connectivity index (χ0) is 12.1. The Hall–Kier alpha value is -2.56. The zero-order valence-electron chi connectivity index (χ0n) is 8.74. The van der Waals surface area contributed by atoms with Gasteiger partial charge >= 0.3 is 0 Å². The van der Waals surface area contributed by atoms with Crippen molar-refractivity contribution in [1.82, 2.24) is 0 Å². The van der Waals surface area contributed by atoms with Crippen molar-refractivity contribution in [3.05, 3.63) is 58.3 Å². The van der Waals surface area contributed by atoms with Crippen LogP contribution in [0.1, 0.15) is 0 Å². The Morgan fingerprint density at radius 2 is 1.12 bits per heavy atom. The van der Waals surface area contributed by atoms with Crippen LogP contribution in [0.4, 0.5) is 11.4 Å². The fourth-order valence-corrected chi connectivity index (χ4v) is 1.36. The molecule has 0 aliphatic carbocycles. The first-order chi connectivity index (χ1) is 8.35. The third-order valence-electron chi connectivity index (χ3n) is 2.15. The van der Waals surface area contributed by atoms with Gasteiger partial charge in [0.2, 0.25) is 0 Å². The van der Waals surface area contributed by atoms with Crippen molar-refractivity contribution in [3.8, 4) is 11.5 Å². The minimum Gasteiger partial charge on any atom is -0.453 e. The smallest absolute Gasteiger partial charge is 0.156 e. The number of hydrogen-bond donors (Lipinski definition) is 0. The van der Waals surface area contributed by atoms with E-state index in [4.69, 9.17) is 4.74 Å². The Morgan fingerprint density at radius 3 is 1.53 bits per heavy atom. The number of nitrogens with zero attached hydrogens (tertiary/aromatic N) is 2. The lowest BCUT2D eigenvalue weighted by Gasteiger charge is -2.07. The molecule has 0 radical (unpaired) electrons. The lowest BCUT2D eigenvalue weighted by Crippen LogP contribution is -1.84. The Kier molecular flexibility index (Phi) is 3.20. The molecule has 2 rings (SSSR count). The van der Waals surface area contributed by atoms with E-state index in [1.54, 1.807) is 36.4 Å². The average Bonchev–Trinajstić information content (AvgIpc) is 2.40. The maximum atomic E-state index is 10.6. The third-order valence-corrected chi connectivity index (χ3v) is 2.15. The molecule has 0 heterocycles. The highest BCUT2D eigenvalue weighted by Crippen LogP contribution is 2.35. The van der Waals surface area contributed by atoms with Crippen LogP contribution in [0, 0.1) is 9.81 Å². The number of nitroso groups, excluding NO2 is 2. The van der Waals surface area contributed by atoms with Crippen LogP contribution < -0.4 is 4.74 Å². The van der Waals surface area contributed by atoms with Crippen molar-refractivity contribution in [2.45, 2.75) is 0 Å². The Balaban J connectivity index is 2.37. The van der Waals surface area contributed by atoms with Crippen molar-refractivity contribution in [1.29, 1.82) is 0 Å². The van der Waals surface area contributed by atoms with Crippen molar-refractivity contribution < 1.29 is 4.74 Å². The number of ether oxygens (including phenoxy) is 1. The topological polar surface area (TPSA) is 68.1 Å². The summed E-state index contributed by atoms with van der Waals surface area (Å²) in [5.74, 6) is 0.581. The fourth-order valence-electron chi connectivity index (χ4n) is 1.36. The first kappa shape index (κ1) is 10.9. The molecule has 0 bridgehead atoms. The zero-order valence-corrected chi connectivity index (χ0v) is 8.74. The maximum Gasteiger partial charge on any atom is 0.156 e. The minimum absolute atomic E-state index is 0.174. The Labute approximate surface area is 97.0 Å². The van der Waals surface area contributed by atoms with Crippen LogP contribution in [0.3, 0.4) is 0 Å². The number of para-hydroxylation sites is 2. The second-order valence-electron chi connectivity index (χ2n) is 3.22. The summed E-state index contributed by atoms with van der Waals surface area (Å²) in [7, 11) is 0. The molecule has 0 aromatic heterocycles. The van der Waals surface area contributed by atoms with Gasteiger partial charge in [-0.15, -0.1) is 9.81 Å². The summed E-state index contributed by atoms with van der Waals surface area (Å²) in [6, 6.07) is 13.0. The highest BCUT2D eigenvalue weighted by atomic mass is 16.5. The van der Waals surface area contributed by atoms with Crippen molar-refractivity contribution >= 4 is 11.4 Å². The average molecular weight is 228 g/mol. The molecule has 0 unspecified atom stereocenters. The van der Waals surface area contributed by atoms with Crippen LogP contribution >= 0.6 is 0 Å². The van der Waals surface area contributed by atoms with Gasteiger partial charge in [-0.3, -0.25) is 0 Å². The van der Waals surface area contributed by atoms with E-state index in [0.717, 1.165) is 0 Å². The van der Waals surface area contributed by atoms with Crippen molar-refractivity contribution in [2.75, 3.05) is 0 Å². The molecule has 84 valence electrons. The van der Waals surface area contributed by atoms with Gasteiger partial charge in [0, 0.05) is 0 Å². The van der Waals surface area contributed by atoms with Crippen molar-refractivity contribution in [2.24, 2.45) is 10.4 Å². The molecule has 0 saturated heterocycles. The van der Waals surface area contributed by atoms with Gasteiger partial charge in [0.05, 0.1) is 0 Å². The highest BCUT2D eigenvalue weighted by molar-refractivity contribution is 5.57. The molecule has 0 fully saturated rings. The minimum atomic E-state index is 0.174. The van der Waals surface area contributed by atoms with E-state index < -0.39 is 0 Å². The molecule has 2 aromatic rings. The summed E-state index contributed by atoms with van der Waals surface area (Å²) in [6.07, 6.45) is 0. The van der Waals surface area contributed by atoms with Crippen LogP contribution in [-0.2, 0) is 0 Å². The second kappa shape index (κ2) is 4.98. The lowest BCUT2D eigenvalue weighted by atomic mass is 10.3.